The molecular formula is C37H50N4O11. The van der Waals surface area contributed by atoms with Crippen molar-refractivity contribution in [2.45, 2.75) is 92.2 Å². The van der Waals surface area contributed by atoms with E-state index in [1.54, 1.807) is 58.9 Å². The maximum Gasteiger partial charge on any atom is 0.312 e. The number of ketones is 3. The van der Waals surface area contributed by atoms with Crippen LogP contribution in [0.3, 0.4) is 0 Å². The fraction of sp³-hybridized carbons (Fsp3) is 0.541. The monoisotopic (exact) mass is 726 g/mol. The Hall–Kier alpha value is -5.21. The smallest absolute Gasteiger partial charge is 0.312 e. The van der Waals surface area contributed by atoms with Crippen LogP contribution in [-0.2, 0) is 56.1 Å². The molecule has 15 nitrogen and oxygen atoms in total. The van der Waals surface area contributed by atoms with Gasteiger partial charge in [0.15, 0.2) is 11.6 Å². The molecule has 1 heterocycles. The third kappa shape index (κ3) is 14.6. The van der Waals surface area contributed by atoms with Crippen LogP contribution in [0.2, 0.25) is 0 Å². The predicted molar refractivity (Wildman–Crippen MR) is 187 cm³/mol. The minimum atomic E-state index is -1.19. The summed E-state index contributed by atoms with van der Waals surface area (Å²) in [7, 11) is 0. The van der Waals surface area contributed by atoms with Crippen LogP contribution in [-0.4, -0.2) is 82.2 Å². The number of Topliss-reactive ketones (excluding diaryl/α,β-unsaturated/α-hetero) is 3. The SMILES string of the molecule is CC(C)[C@H](CC(=O)[C@H](CCC(=O)O)CC(=O)CN1C(=O)C=CC1=O)C(=O)N[C@@H](CCCNC(N)=O)C(=O)Cc1ccc(COC(=O)C(C)(C)C)cc1. The Balaban J connectivity index is 2.17. The largest absolute Gasteiger partial charge is 0.481 e. The van der Waals surface area contributed by atoms with Crippen LogP contribution in [0.4, 0.5) is 4.79 Å². The van der Waals surface area contributed by atoms with Gasteiger partial charge in [0.05, 0.1) is 18.0 Å². The van der Waals surface area contributed by atoms with Gasteiger partial charge < -0.3 is 26.2 Å². The Morgan fingerprint density at radius 3 is 2.02 bits per heavy atom. The molecule has 0 aliphatic carbocycles. The number of urea groups is 1. The van der Waals surface area contributed by atoms with E-state index in [2.05, 4.69) is 10.6 Å². The van der Waals surface area contributed by atoms with Gasteiger partial charge in [-0.25, -0.2) is 4.79 Å². The van der Waals surface area contributed by atoms with E-state index in [1.165, 1.54) is 0 Å². The minimum absolute atomic E-state index is 0.0571. The van der Waals surface area contributed by atoms with Crippen LogP contribution in [0.1, 0.15) is 84.3 Å². The lowest BCUT2D eigenvalue weighted by Gasteiger charge is -2.26. The number of nitrogens with one attached hydrogen (secondary N) is 2. The Kier molecular flexibility index (Phi) is 16.5. The number of hydrogen-bond donors (Lipinski definition) is 4. The highest BCUT2D eigenvalue weighted by molar-refractivity contribution is 6.14. The summed E-state index contributed by atoms with van der Waals surface area (Å²) in [5.74, 6) is -7.42. The maximum absolute atomic E-state index is 13.7. The van der Waals surface area contributed by atoms with Gasteiger partial charge in [-0.1, -0.05) is 38.1 Å². The van der Waals surface area contributed by atoms with E-state index in [-0.39, 0.29) is 50.6 Å². The summed E-state index contributed by atoms with van der Waals surface area (Å²) in [5, 5.41) is 14.5. The zero-order valence-electron chi connectivity index (χ0n) is 30.4. The van der Waals surface area contributed by atoms with E-state index in [1.807, 2.05) is 0 Å². The maximum atomic E-state index is 13.7. The average molecular weight is 727 g/mol. The van der Waals surface area contributed by atoms with Crippen molar-refractivity contribution in [3.63, 3.8) is 0 Å². The highest BCUT2D eigenvalue weighted by Crippen LogP contribution is 2.24. The second-order valence-electron chi connectivity index (χ2n) is 14.3. The molecule has 1 aliphatic rings. The molecule has 0 saturated heterocycles. The molecule has 0 spiro atoms. The van der Waals surface area contributed by atoms with Crippen molar-refractivity contribution in [1.29, 1.82) is 0 Å². The van der Waals surface area contributed by atoms with Crippen LogP contribution in [0.25, 0.3) is 0 Å². The number of aliphatic carboxylic acids is 1. The molecule has 1 aromatic rings. The number of nitrogens with zero attached hydrogens (tertiary/aromatic N) is 1. The van der Waals surface area contributed by atoms with Gasteiger partial charge in [0.1, 0.15) is 12.4 Å². The van der Waals surface area contributed by atoms with Crippen LogP contribution in [0, 0.1) is 23.2 Å². The predicted octanol–water partition coefficient (Wildman–Crippen LogP) is 2.42. The van der Waals surface area contributed by atoms with E-state index in [9.17, 15) is 48.3 Å². The van der Waals surface area contributed by atoms with Crippen LogP contribution in [0.5, 0.6) is 0 Å². The van der Waals surface area contributed by atoms with Crippen LogP contribution in [0.15, 0.2) is 36.4 Å². The van der Waals surface area contributed by atoms with Crippen molar-refractivity contribution in [2.75, 3.05) is 13.1 Å². The standard InChI is InChI=1S/C37H50N4O11/c1-22(2)27(19-29(43)25(12-15-33(47)48)18-26(42)20-41-31(45)13-14-32(41)46)34(49)40-28(7-6-16-39-36(38)51)30(44)17-23-8-10-24(11-9-23)21-52-35(50)37(3,4)5/h8-11,13-14,22,25,27-28H,6-7,12,15-21H2,1-5H3,(H,40,49)(H,47,48)(H3,38,39,51)/t25-,27+,28+/m1/s1. The number of benzene rings is 1. The summed E-state index contributed by atoms with van der Waals surface area (Å²) in [6.45, 7) is 8.29. The number of primary amides is 1. The number of esters is 1. The second kappa shape index (κ2) is 20.0. The fourth-order valence-electron chi connectivity index (χ4n) is 5.35. The van der Waals surface area contributed by atoms with Crippen molar-refractivity contribution >= 4 is 53.0 Å². The van der Waals surface area contributed by atoms with E-state index >= 15 is 0 Å². The highest BCUT2D eigenvalue weighted by Gasteiger charge is 2.33. The van der Waals surface area contributed by atoms with E-state index in [0.717, 1.165) is 22.6 Å². The fourth-order valence-corrected chi connectivity index (χ4v) is 5.35. The number of rotatable bonds is 22. The Morgan fingerprint density at radius 2 is 1.48 bits per heavy atom. The first kappa shape index (κ1) is 43.0. The first-order valence-corrected chi connectivity index (χ1v) is 17.2. The first-order valence-electron chi connectivity index (χ1n) is 17.2. The zero-order valence-corrected chi connectivity index (χ0v) is 30.4. The van der Waals surface area contributed by atoms with Crippen molar-refractivity contribution in [2.24, 2.45) is 28.9 Å². The number of ether oxygens (including phenoxy) is 1. The number of carbonyl (C=O) groups is 9. The molecule has 0 fully saturated rings. The summed E-state index contributed by atoms with van der Waals surface area (Å²) >= 11 is 0. The second-order valence-corrected chi connectivity index (χ2v) is 14.3. The van der Waals surface area contributed by atoms with Crippen molar-refractivity contribution < 1.29 is 53.0 Å². The number of nitrogens with two attached hydrogens (primary N) is 1. The van der Waals surface area contributed by atoms with Crippen molar-refractivity contribution in [1.82, 2.24) is 15.5 Å². The number of carbonyl (C=O) groups excluding carboxylic acids is 8. The molecule has 3 atom stereocenters. The number of amides is 5. The molecule has 5 N–H and O–H groups in total. The molecule has 0 bridgehead atoms. The summed E-state index contributed by atoms with van der Waals surface area (Å²) in [6.07, 6.45) is 1.01. The molecule has 0 radical (unpaired) electrons. The molecule has 0 unspecified atom stereocenters. The van der Waals surface area contributed by atoms with Gasteiger partial charge in [-0.05, 0) is 57.1 Å². The van der Waals surface area contributed by atoms with Gasteiger partial charge >= 0.3 is 18.0 Å². The number of carboxylic acids is 1. The Morgan fingerprint density at radius 1 is 0.885 bits per heavy atom. The first-order chi connectivity index (χ1) is 24.3. The van der Waals surface area contributed by atoms with Crippen LogP contribution >= 0.6 is 0 Å². The molecule has 0 saturated carbocycles. The Labute approximate surface area is 303 Å². The van der Waals surface area contributed by atoms with Crippen molar-refractivity contribution in [3.8, 4) is 0 Å². The molecule has 5 amide bonds. The molecule has 52 heavy (non-hydrogen) atoms. The molecule has 0 aromatic heterocycles. The summed E-state index contributed by atoms with van der Waals surface area (Å²) in [6, 6.07) is 5.14. The summed E-state index contributed by atoms with van der Waals surface area (Å²) in [5.41, 5.74) is 5.86. The lowest BCUT2D eigenvalue weighted by Crippen LogP contribution is -2.46. The minimum Gasteiger partial charge on any atom is -0.481 e. The molecule has 1 aromatic carbocycles. The molecule has 1 aliphatic heterocycles. The average Bonchev–Trinajstić information content (AvgIpc) is 3.37. The number of carboxylic acid groups (broad SMARTS) is 1. The van der Waals surface area contributed by atoms with Gasteiger partial charge in [-0.15, -0.1) is 0 Å². The van der Waals surface area contributed by atoms with Gasteiger partial charge in [0.2, 0.25) is 5.91 Å². The molecule has 2 rings (SSSR count). The lowest BCUT2D eigenvalue weighted by atomic mass is 9.83. The van der Waals surface area contributed by atoms with Gasteiger partial charge in [-0.2, -0.15) is 0 Å². The summed E-state index contributed by atoms with van der Waals surface area (Å²) in [4.78, 5) is 113. The van der Waals surface area contributed by atoms with Gasteiger partial charge in [0.25, 0.3) is 11.8 Å². The topological polar surface area (TPSA) is 236 Å². The van der Waals surface area contributed by atoms with Crippen molar-refractivity contribution in [3.05, 3.63) is 47.5 Å². The quantitative estimate of drug-likeness (QED) is 0.0769. The van der Waals surface area contributed by atoms with Gasteiger partial charge in [-0.3, -0.25) is 43.3 Å². The number of imide groups is 1. The van der Waals surface area contributed by atoms with E-state index in [4.69, 9.17) is 10.5 Å². The normalized spacial score (nSPS) is 14.5. The highest BCUT2D eigenvalue weighted by atomic mass is 16.5. The molecule has 15 heteroatoms. The van der Waals surface area contributed by atoms with Crippen LogP contribution < -0.4 is 16.4 Å². The third-order valence-electron chi connectivity index (χ3n) is 8.49. The zero-order chi connectivity index (χ0) is 39.2. The number of hydrogen-bond acceptors (Lipinski definition) is 10. The third-order valence-corrected chi connectivity index (χ3v) is 8.49. The molecule has 284 valence electrons. The Bertz CT molecular complexity index is 1530. The molecular weight excluding hydrogens is 676 g/mol. The lowest BCUT2D eigenvalue weighted by molar-refractivity contribution is -0.154. The van der Waals surface area contributed by atoms with Gasteiger partial charge in [0, 0.05) is 56.2 Å². The summed E-state index contributed by atoms with van der Waals surface area (Å²) < 4.78 is 5.34. The van der Waals surface area contributed by atoms with E-state index in [0.29, 0.717) is 12.0 Å². The van der Waals surface area contributed by atoms with E-state index < -0.39 is 89.9 Å².